The number of methoxy groups -OCH3 is 2. The van der Waals surface area contributed by atoms with Crippen LogP contribution in [0.3, 0.4) is 0 Å². The average Bonchev–Trinajstić information content (AvgIpc) is 2.59. The number of aliphatic imine (C=N–C) groups is 1. The molecule has 0 saturated heterocycles. The first-order valence-corrected chi connectivity index (χ1v) is 7.00. The lowest BCUT2D eigenvalue weighted by Gasteiger charge is -2.14. The van der Waals surface area contributed by atoms with Gasteiger partial charge in [-0.05, 0) is 17.7 Å². The Morgan fingerprint density at radius 3 is 2.36 bits per heavy atom. The van der Waals surface area contributed by atoms with Crippen LogP contribution in [0.25, 0.3) is 0 Å². The minimum atomic E-state index is 0.672. The SMILES string of the molecule is CN=C(NCc1ccccc1)Nc1ccc(OC)c(OC)c1. The van der Waals surface area contributed by atoms with Crippen LogP contribution in [0.2, 0.25) is 0 Å². The quantitative estimate of drug-likeness (QED) is 0.658. The van der Waals surface area contributed by atoms with Crippen LogP contribution in [0.1, 0.15) is 5.56 Å². The van der Waals surface area contributed by atoms with E-state index in [0.29, 0.717) is 24.0 Å². The number of benzene rings is 2. The molecular weight excluding hydrogens is 278 g/mol. The van der Waals surface area contributed by atoms with Crippen LogP contribution < -0.4 is 20.1 Å². The van der Waals surface area contributed by atoms with Gasteiger partial charge in [-0.3, -0.25) is 4.99 Å². The van der Waals surface area contributed by atoms with Gasteiger partial charge in [-0.15, -0.1) is 0 Å². The Balaban J connectivity index is 2.01. The van der Waals surface area contributed by atoms with Gasteiger partial charge in [0.15, 0.2) is 17.5 Å². The highest BCUT2D eigenvalue weighted by Crippen LogP contribution is 2.29. The van der Waals surface area contributed by atoms with E-state index in [1.807, 2.05) is 36.4 Å². The molecule has 0 aliphatic rings. The summed E-state index contributed by atoms with van der Waals surface area (Å²) in [7, 11) is 4.97. The molecule has 0 aliphatic carbocycles. The van der Waals surface area contributed by atoms with Crippen LogP contribution in [0.15, 0.2) is 53.5 Å². The molecule has 5 heteroatoms. The predicted octanol–water partition coefficient (Wildman–Crippen LogP) is 2.89. The van der Waals surface area contributed by atoms with Crippen molar-refractivity contribution in [2.45, 2.75) is 6.54 Å². The van der Waals surface area contributed by atoms with Crippen molar-refractivity contribution < 1.29 is 9.47 Å². The topological polar surface area (TPSA) is 54.9 Å². The van der Waals surface area contributed by atoms with Gasteiger partial charge in [-0.25, -0.2) is 0 Å². The smallest absolute Gasteiger partial charge is 0.195 e. The number of nitrogens with one attached hydrogen (secondary N) is 2. The Morgan fingerprint density at radius 2 is 1.73 bits per heavy atom. The van der Waals surface area contributed by atoms with Gasteiger partial charge < -0.3 is 20.1 Å². The van der Waals surface area contributed by atoms with E-state index in [0.717, 1.165) is 5.69 Å². The number of nitrogens with zero attached hydrogens (tertiary/aromatic N) is 1. The van der Waals surface area contributed by atoms with E-state index in [1.54, 1.807) is 21.3 Å². The predicted molar refractivity (Wildman–Crippen MR) is 89.8 cm³/mol. The number of hydrogen-bond acceptors (Lipinski definition) is 3. The summed E-state index contributed by atoms with van der Waals surface area (Å²) in [5.74, 6) is 2.06. The molecule has 0 heterocycles. The molecule has 0 bridgehead atoms. The monoisotopic (exact) mass is 299 g/mol. The van der Waals surface area contributed by atoms with E-state index in [4.69, 9.17) is 9.47 Å². The molecule has 0 aromatic heterocycles. The Labute approximate surface area is 131 Å². The molecular formula is C17H21N3O2. The largest absolute Gasteiger partial charge is 0.493 e. The number of ether oxygens (including phenoxy) is 2. The van der Waals surface area contributed by atoms with Crippen molar-refractivity contribution >= 4 is 11.6 Å². The van der Waals surface area contributed by atoms with E-state index >= 15 is 0 Å². The Hall–Kier alpha value is -2.69. The van der Waals surface area contributed by atoms with Gasteiger partial charge in [0.05, 0.1) is 14.2 Å². The molecule has 0 saturated carbocycles. The molecule has 0 atom stereocenters. The van der Waals surface area contributed by atoms with Gasteiger partial charge in [0.1, 0.15) is 0 Å². The summed E-state index contributed by atoms with van der Waals surface area (Å²) in [4.78, 5) is 4.22. The zero-order valence-electron chi connectivity index (χ0n) is 13.1. The number of rotatable bonds is 5. The highest BCUT2D eigenvalue weighted by molar-refractivity contribution is 5.93. The molecule has 0 unspecified atom stereocenters. The summed E-state index contributed by atoms with van der Waals surface area (Å²) in [6, 6.07) is 15.8. The number of hydrogen-bond donors (Lipinski definition) is 2. The standard InChI is InChI=1S/C17H21N3O2/c1-18-17(19-12-13-7-5-4-6-8-13)20-14-9-10-15(21-2)16(11-14)22-3/h4-11H,12H2,1-3H3,(H2,18,19,20). The van der Waals surface area contributed by atoms with Gasteiger partial charge >= 0.3 is 0 Å². The summed E-state index contributed by atoms with van der Waals surface area (Å²) in [5, 5.41) is 6.50. The highest BCUT2D eigenvalue weighted by atomic mass is 16.5. The van der Waals surface area contributed by atoms with Crippen LogP contribution in [0, 0.1) is 0 Å². The molecule has 0 fully saturated rings. The fourth-order valence-electron chi connectivity index (χ4n) is 2.01. The van der Waals surface area contributed by atoms with Crippen LogP contribution in [-0.2, 0) is 6.54 Å². The van der Waals surface area contributed by atoms with E-state index in [1.165, 1.54) is 5.56 Å². The molecule has 2 aromatic rings. The Bertz CT molecular complexity index is 627. The second-order valence-corrected chi connectivity index (χ2v) is 4.61. The summed E-state index contributed by atoms with van der Waals surface area (Å²) >= 11 is 0. The molecule has 2 N–H and O–H groups in total. The van der Waals surface area contributed by atoms with Gasteiger partial charge in [0.25, 0.3) is 0 Å². The molecule has 0 aliphatic heterocycles. The number of guanidine groups is 1. The lowest BCUT2D eigenvalue weighted by molar-refractivity contribution is 0.355. The van der Waals surface area contributed by atoms with Crippen molar-refractivity contribution in [3.63, 3.8) is 0 Å². The third-order valence-corrected chi connectivity index (χ3v) is 3.17. The minimum Gasteiger partial charge on any atom is -0.493 e. The van der Waals surface area contributed by atoms with Gasteiger partial charge in [-0.2, -0.15) is 0 Å². The Morgan fingerprint density at radius 1 is 1.00 bits per heavy atom. The zero-order valence-corrected chi connectivity index (χ0v) is 13.1. The Kier molecular flexibility index (Phi) is 5.65. The maximum atomic E-state index is 5.30. The molecule has 2 aromatic carbocycles. The first-order valence-electron chi connectivity index (χ1n) is 7.00. The second kappa shape index (κ2) is 7.93. The zero-order chi connectivity index (χ0) is 15.8. The second-order valence-electron chi connectivity index (χ2n) is 4.61. The van der Waals surface area contributed by atoms with Crippen LogP contribution in [0.4, 0.5) is 5.69 Å². The fourth-order valence-corrected chi connectivity index (χ4v) is 2.01. The molecule has 0 amide bonds. The molecule has 0 radical (unpaired) electrons. The summed E-state index contributed by atoms with van der Waals surface area (Å²) < 4.78 is 10.5. The summed E-state index contributed by atoms with van der Waals surface area (Å²) in [6.07, 6.45) is 0. The highest BCUT2D eigenvalue weighted by Gasteiger charge is 2.06. The summed E-state index contributed by atoms with van der Waals surface area (Å²) in [6.45, 7) is 0.702. The molecule has 2 rings (SSSR count). The average molecular weight is 299 g/mol. The third kappa shape index (κ3) is 4.15. The van der Waals surface area contributed by atoms with Crippen molar-refractivity contribution in [2.75, 3.05) is 26.6 Å². The van der Waals surface area contributed by atoms with Crippen molar-refractivity contribution in [2.24, 2.45) is 4.99 Å². The van der Waals surface area contributed by atoms with Crippen LogP contribution in [-0.4, -0.2) is 27.2 Å². The molecule has 116 valence electrons. The van der Waals surface area contributed by atoms with Gasteiger partial charge in [0.2, 0.25) is 0 Å². The normalized spacial score (nSPS) is 11.0. The van der Waals surface area contributed by atoms with E-state index in [-0.39, 0.29) is 0 Å². The van der Waals surface area contributed by atoms with Gasteiger partial charge in [-0.1, -0.05) is 30.3 Å². The maximum Gasteiger partial charge on any atom is 0.195 e. The molecule has 22 heavy (non-hydrogen) atoms. The van der Waals surface area contributed by atoms with E-state index in [2.05, 4.69) is 27.8 Å². The first kappa shape index (κ1) is 15.7. The molecule has 0 spiro atoms. The van der Waals surface area contributed by atoms with Crippen molar-refractivity contribution in [3.05, 3.63) is 54.1 Å². The fraction of sp³-hybridized carbons (Fsp3) is 0.235. The lowest BCUT2D eigenvalue weighted by Crippen LogP contribution is -2.30. The maximum absolute atomic E-state index is 5.30. The third-order valence-electron chi connectivity index (χ3n) is 3.17. The lowest BCUT2D eigenvalue weighted by atomic mass is 10.2. The van der Waals surface area contributed by atoms with Gasteiger partial charge in [0, 0.05) is 25.3 Å². The number of anilines is 1. The molecule has 5 nitrogen and oxygen atoms in total. The van der Waals surface area contributed by atoms with Crippen molar-refractivity contribution in [3.8, 4) is 11.5 Å². The van der Waals surface area contributed by atoms with Crippen LogP contribution >= 0.6 is 0 Å². The van der Waals surface area contributed by atoms with E-state index in [9.17, 15) is 0 Å². The van der Waals surface area contributed by atoms with Crippen molar-refractivity contribution in [1.29, 1.82) is 0 Å². The van der Waals surface area contributed by atoms with Crippen molar-refractivity contribution in [1.82, 2.24) is 5.32 Å². The minimum absolute atomic E-state index is 0.672. The summed E-state index contributed by atoms with van der Waals surface area (Å²) in [5.41, 5.74) is 2.07. The first-order chi connectivity index (χ1) is 10.8. The van der Waals surface area contributed by atoms with E-state index < -0.39 is 0 Å². The van der Waals surface area contributed by atoms with Crippen LogP contribution in [0.5, 0.6) is 11.5 Å².